The molecule has 0 aliphatic carbocycles. The topological polar surface area (TPSA) is 49.0 Å². The first-order chi connectivity index (χ1) is 17.9. The Kier molecular flexibility index (Phi) is 3.88. The van der Waals surface area contributed by atoms with E-state index in [1.807, 2.05) is 36.4 Å². The van der Waals surface area contributed by atoms with Crippen molar-refractivity contribution in [1.29, 1.82) is 0 Å². The summed E-state index contributed by atoms with van der Waals surface area (Å²) in [6, 6.07) is 35.3. The van der Waals surface area contributed by atoms with Gasteiger partial charge in [-0.25, -0.2) is 4.98 Å². The molecule has 3 aromatic carbocycles. The van der Waals surface area contributed by atoms with Gasteiger partial charge in [-0.05, 0) is 48.5 Å². The monoisotopic (exact) mass is 465 g/mol. The Bertz CT molecular complexity index is 1920. The van der Waals surface area contributed by atoms with E-state index in [0.29, 0.717) is 0 Å². The molecule has 5 nitrogen and oxygen atoms in total. The van der Waals surface area contributed by atoms with Crippen molar-refractivity contribution < 1.29 is 8.83 Å². The van der Waals surface area contributed by atoms with Crippen LogP contribution in [0, 0.1) is 0 Å². The summed E-state index contributed by atoms with van der Waals surface area (Å²) in [7, 11) is 0. The van der Waals surface area contributed by atoms with E-state index >= 15 is 0 Å². The molecule has 0 atom stereocenters. The number of aromatic nitrogens is 3. The van der Waals surface area contributed by atoms with E-state index in [1.54, 1.807) is 12.5 Å². The zero-order valence-electron chi connectivity index (χ0n) is 19.1. The van der Waals surface area contributed by atoms with Crippen LogP contribution in [0.2, 0.25) is 0 Å². The Morgan fingerprint density at radius 1 is 0.528 bits per heavy atom. The molecule has 0 aliphatic rings. The van der Waals surface area contributed by atoms with Crippen molar-refractivity contribution in [3.8, 4) is 22.8 Å². The maximum absolute atomic E-state index is 5.91. The summed E-state index contributed by atoms with van der Waals surface area (Å²) in [5, 5.41) is 4.52. The quantitative estimate of drug-likeness (QED) is 0.265. The first-order valence-electron chi connectivity index (χ1n) is 11.9. The maximum Gasteiger partial charge on any atom is 0.213 e. The van der Waals surface area contributed by atoms with Gasteiger partial charge in [0.25, 0.3) is 0 Å². The SMILES string of the molecule is c1cc(-c2cccc(-n3c4ccccc4c4ccoc43)n2)cc(-n2c3ccccc3c3ccoc32)c1. The van der Waals surface area contributed by atoms with Gasteiger partial charge in [0.1, 0.15) is 5.82 Å². The third-order valence-corrected chi connectivity index (χ3v) is 6.93. The lowest BCUT2D eigenvalue weighted by Gasteiger charge is -2.10. The molecule has 0 spiro atoms. The van der Waals surface area contributed by atoms with Crippen LogP contribution in [0.3, 0.4) is 0 Å². The molecule has 0 N–H and O–H groups in total. The van der Waals surface area contributed by atoms with Gasteiger partial charge in [0.15, 0.2) is 0 Å². The van der Waals surface area contributed by atoms with Crippen LogP contribution >= 0.6 is 0 Å². The molecule has 5 heterocycles. The number of nitrogens with zero attached hydrogens (tertiary/aromatic N) is 3. The van der Waals surface area contributed by atoms with Crippen LogP contribution in [0.4, 0.5) is 0 Å². The zero-order chi connectivity index (χ0) is 23.6. The number of benzene rings is 3. The normalized spacial score (nSPS) is 11.9. The van der Waals surface area contributed by atoms with E-state index in [2.05, 4.69) is 75.9 Å². The first kappa shape index (κ1) is 19.3. The predicted molar refractivity (Wildman–Crippen MR) is 143 cm³/mol. The minimum Gasteiger partial charge on any atom is -0.447 e. The number of hydrogen-bond acceptors (Lipinski definition) is 3. The van der Waals surface area contributed by atoms with Gasteiger partial charge in [-0.2, -0.15) is 0 Å². The van der Waals surface area contributed by atoms with Crippen molar-refractivity contribution in [1.82, 2.24) is 14.1 Å². The zero-order valence-corrected chi connectivity index (χ0v) is 19.1. The Hall–Kier alpha value is -5.03. The Labute approximate surface area is 205 Å². The molecule has 0 bridgehead atoms. The molecule has 0 saturated heterocycles. The molecule has 0 fully saturated rings. The molecule has 8 aromatic rings. The molecule has 36 heavy (non-hydrogen) atoms. The van der Waals surface area contributed by atoms with Gasteiger partial charge in [0.2, 0.25) is 11.4 Å². The Balaban J connectivity index is 1.31. The van der Waals surface area contributed by atoms with Crippen molar-refractivity contribution in [2.75, 3.05) is 0 Å². The second-order valence-corrected chi connectivity index (χ2v) is 8.92. The molecular formula is C31H19N3O2. The average molecular weight is 466 g/mol. The molecule has 5 heteroatoms. The number of pyridine rings is 1. The summed E-state index contributed by atoms with van der Waals surface area (Å²) in [6.45, 7) is 0. The fraction of sp³-hybridized carbons (Fsp3) is 0. The largest absolute Gasteiger partial charge is 0.447 e. The molecule has 170 valence electrons. The molecule has 0 unspecified atom stereocenters. The highest BCUT2D eigenvalue weighted by Crippen LogP contribution is 2.35. The molecule has 0 saturated carbocycles. The predicted octanol–water partition coefficient (Wildman–Crippen LogP) is 8.13. The van der Waals surface area contributed by atoms with Crippen molar-refractivity contribution in [2.45, 2.75) is 0 Å². The summed E-state index contributed by atoms with van der Waals surface area (Å²) >= 11 is 0. The number of rotatable bonds is 3. The van der Waals surface area contributed by atoms with Crippen LogP contribution in [0.5, 0.6) is 0 Å². The standard InChI is InChI=1S/C31H19N3O2/c1-3-12-27-22(9-1)24-15-17-35-30(24)33(27)21-8-5-7-20(19-21)26-11-6-14-29(32-26)34-28-13-4-2-10-23(28)25-16-18-36-31(25)34/h1-19H. The van der Waals surface area contributed by atoms with Gasteiger partial charge < -0.3 is 8.83 Å². The van der Waals surface area contributed by atoms with E-state index in [0.717, 1.165) is 61.4 Å². The molecule has 8 rings (SSSR count). The lowest BCUT2D eigenvalue weighted by molar-refractivity contribution is 0.594. The molecular weight excluding hydrogens is 446 g/mol. The lowest BCUT2D eigenvalue weighted by Crippen LogP contribution is -1.98. The van der Waals surface area contributed by atoms with Gasteiger partial charge >= 0.3 is 0 Å². The lowest BCUT2D eigenvalue weighted by atomic mass is 10.1. The van der Waals surface area contributed by atoms with E-state index in [-0.39, 0.29) is 0 Å². The summed E-state index contributed by atoms with van der Waals surface area (Å²) in [5.41, 5.74) is 6.77. The van der Waals surface area contributed by atoms with Gasteiger partial charge in [-0.15, -0.1) is 0 Å². The number of furan rings is 2. The van der Waals surface area contributed by atoms with Gasteiger partial charge in [-0.3, -0.25) is 9.13 Å². The Morgan fingerprint density at radius 2 is 1.17 bits per heavy atom. The van der Waals surface area contributed by atoms with E-state index in [4.69, 9.17) is 13.8 Å². The summed E-state index contributed by atoms with van der Waals surface area (Å²) < 4.78 is 16.1. The van der Waals surface area contributed by atoms with Crippen LogP contribution in [0.15, 0.2) is 124 Å². The van der Waals surface area contributed by atoms with Crippen LogP contribution in [0.25, 0.3) is 66.8 Å². The Morgan fingerprint density at radius 3 is 1.92 bits per heavy atom. The number of hydrogen-bond donors (Lipinski definition) is 0. The maximum atomic E-state index is 5.91. The van der Waals surface area contributed by atoms with Crippen molar-refractivity contribution in [2.24, 2.45) is 0 Å². The van der Waals surface area contributed by atoms with Crippen LogP contribution in [0.1, 0.15) is 0 Å². The molecule has 5 aromatic heterocycles. The van der Waals surface area contributed by atoms with E-state index in [9.17, 15) is 0 Å². The van der Waals surface area contributed by atoms with Crippen LogP contribution in [-0.4, -0.2) is 14.1 Å². The summed E-state index contributed by atoms with van der Waals surface area (Å²) in [4.78, 5) is 5.07. The van der Waals surface area contributed by atoms with Gasteiger partial charge in [0, 0.05) is 32.8 Å². The molecule has 0 aliphatic heterocycles. The van der Waals surface area contributed by atoms with Crippen molar-refractivity contribution in [3.05, 3.63) is 116 Å². The van der Waals surface area contributed by atoms with Crippen molar-refractivity contribution >= 4 is 44.0 Å². The van der Waals surface area contributed by atoms with Crippen molar-refractivity contribution in [3.63, 3.8) is 0 Å². The van der Waals surface area contributed by atoms with Gasteiger partial charge in [0.05, 0.1) is 29.3 Å². The minimum atomic E-state index is 0.800. The van der Waals surface area contributed by atoms with Gasteiger partial charge in [-0.1, -0.05) is 54.6 Å². The third kappa shape index (κ3) is 2.62. The third-order valence-electron chi connectivity index (χ3n) is 6.93. The molecule has 0 amide bonds. The second-order valence-electron chi connectivity index (χ2n) is 8.92. The first-order valence-corrected chi connectivity index (χ1v) is 11.9. The smallest absolute Gasteiger partial charge is 0.213 e. The number of fused-ring (bicyclic) bond motifs is 6. The highest BCUT2D eigenvalue weighted by molar-refractivity contribution is 6.08. The van der Waals surface area contributed by atoms with Crippen LogP contribution in [-0.2, 0) is 0 Å². The summed E-state index contributed by atoms with van der Waals surface area (Å²) in [6.07, 6.45) is 3.48. The summed E-state index contributed by atoms with van der Waals surface area (Å²) in [5.74, 6) is 0.818. The number of para-hydroxylation sites is 2. The fourth-order valence-electron chi connectivity index (χ4n) is 5.37. The van der Waals surface area contributed by atoms with E-state index < -0.39 is 0 Å². The second kappa shape index (κ2) is 7.23. The molecule has 0 radical (unpaired) electrons. The highest BCUT2D eigenvalue weighted by Gasteiger charge is 2.17. The highest BCUT2D eigenvalue weighted by atomic mass is 16.3. The fourth-order valence-corrected chi connectivity index (χ4v) is 5.37. The minimum absolute atomic E-state index is 0.800. The average Bonchev–Trinajstić information content (AvgIpc) is 3.70. The van der Waals surface area contributed by atoms with E-state index in [1.165, 1.54) is 5.39 Å². The van der Waals surface area contributed by atoms with Crippen LogP contribution < -0.4 is 0 Å².